The summed E-state index contributed by atoms with van der Waals surface area (Å²) in [4.78, 5) is 192. The molecule has 0 bridgehead atoms. The Morgan fingerprint density at radius 2 is 0.974 bits per heavy atom. The molecule has 0 saturated heterocycles. The predicted molar refractivity (Wildman–Crippen MR) is 469 cm³/mol. The number of pyridine rings is 1. The molecular formula is C84H163K2N9O19S2. The number of nitrogens with zero attached hydrogens (tertiary/aromatic N) is 3. The van der Waals surface area contributed by atoms with Crippen molar-refractivity contribution in [1.82, 2.24) is 35.8 Å². The topological polar surface area (TPSA) is 460 Å². The zero-order valence-corrected chi connectivity index (χ0v) is 65.8. The van der Waals surface area contributed by atoms with Crippen molar-refractivity contribution in [2.24, 2.45) is 23.3 Å². The van der Waals surface area contributed by atoms with E-state index in [9.17, 15) is 72.2 Å². The minimum absolute atomic E-state index is 0. The van der Waals surface area contributed by atoms with Crippen molar-refractivity contribution in [2.45, 2.75) is 383 Å². The van der Waals surface area contributed by atoms with Gasteiger partial charge in [0.2, 0.25) is 29.5 Å². The van der Waals surface area contributed by atoms with Crippen molar-refractivity contribution in [1.29, 1.82) is 0 Å². The van der Waals surface area contributed by atoms with Gasteiger partial charge in [-0.25, -0.2) is 19.6 Å². The summed E-state index contributed by atoms with van der Waals surface area (Å²) in [5, 5.41) is 41.3. The smallest absolute Gasteiger partial charge is 1.00 e. The van der Waals surface area contributed by atoms with Crippen LogP contribution in [0.1, 0.15) is 394 Å². The Kier molecular flexibility index (Phi) is 99.3. The van der Waals surface area contributed by atoms with Crippen LogP contribution in [0.2, 0.25) is 0 Å². The number of aryl methyl sites for hydroxylation is 1. The van der Waals surface area contributed by atoms with Crippen molar-refractivity contribution >= 4 is 105 Å². The Hall–Kier alpha value is -4.98. The molecule has 6 rings (SSSR count). The molecule has 28 nitrogen and oxygen atoms in total. The van der Waals surface area contributed by atoms with Gasteiger partial charge < -0.3 is 59.1 Å². The first-order chi connectivity index (χ1) is 46.1. The van der Waals surface area contributed by atoms with Crippen LogP contribution >= 0.6 is 22.7 Å². The summed E-state index contributed by atoms with van der Waals surface area (Å²) in [5.74, 6) is -7.46. The van der Waals surface area contributed by atoms with Crippen LogP contribution in [-0.4, -0.2) is 125 Å². The predicted octanol–water partition coefficient (Wildman–Crippen LogP) is 10.6. The van der Waals surface area contributed by atoms with Gasteiger partial charge in [0.15, 0.2) is 28.7 Å². The molecule has 3 aliphatic rings. The first kappa shape index (κ1) is 149. The maximum absolute atomic E-state index is 13.3. The van der Waals surface area contributed by atoms with Crippen molar-refractivity contribution in [2.75, 3.05) is 0 Å². The van der Waals surface area contributed by atoms with Crippen molar-refractivity contribution in [3.8, 4) is 0 Å². The van der Waals surface area contributed by atoms with Gasteiger partial charge in [-0.3, -0.25) is 62.3 Å². The van der Waals surface area contributed by atoms with E-state index in [1.807, 2.05) is 13.8 Å². The van der Waals surface area contributed by atoms with Gasteiger partial charge in [-0.2, -0.15) is 0 Å². The average molecular weight is 1750 g/mol. The summed E-state index contributed by atoms with van der Waals surface area (Å²) < 4.78 is 1.46. The molecule has 1 spiro atoms. The number of unbranched alkanes of at least 4 members (excludes halogenated alkanes) is 11. The molecule has 2 fully saturated rings. The number of thiazole rings is 2. The Morgan fingerprint density at radius 3 is 1.38 bits per heavy atom. The van der Waals surface area contributed by atoms with Gasteiger partial charge in [0.05, 0.1) is 66.0 Å². The van der Waals surface area contributed by atoms with Gasteiger partial charge in [0.25, 0.3) is 17.9 Å². The van der Waals surface area contributed by atoms with Crippen LogP contribution in [0.3, 0.4) is 0 Å². The third-order valence-electron chi connectivity index (χ3n) is 17.0. The molecule has 32 heteroatoms. The number of fused-ring (bicyclic) bond motifs is 2. The number of aromatic carboxylic acids is 2. The van der Waals surface area contributed by atoms with Crippen LogP contribution < -0.4 is 146 Å². The van der Waals surface area contributed by atoms with Crippen molar-refractivity contribution < 1.29 is 192 Å². The quantitative estimate of drug-likeness (QED) is 0.00650. The monoisotopic (exact) mass is 1740 g/mol. The van der Waals surface area contributed by atoms with Crippen molar-refractivity contribution in [3.63, 3.8) is 0 Å². The minimum Gasteiger partial charge on any atom is -1.00 e. The number of carboxylic acids is 2. The molecule has 672 valence electrons. The number of carbonyl (C=O) groups is 14. The number of rotatable bonds is 47. The van der Waals surface area contributed by atoms with Gasteiger partial charge in [-0.1, -0.05) is 225 Å². The summed E-state index contributed by atoms with van der Waals surface area (Å²) in [6.45, 7) is 7.61. The van der Waals surface area contributed by atoms with E-state index in [1.54, 1.807) is 6.92 Å². The van der Waals surface area contributed by atoms with Crippen LogP contribution in [0.25, 0.3) is 0 Å². The van der Waals surface area contributed by atoms with Gasteiger partial charge in [0, 0.05) is 67.5 Å². The molecule has 3 aromatic rings. The number of Topliss-reactive ketones (excluding diaryl/α,β-unsaturated/α-hetero) is 5. The largest absolute Gasteiger partial charge is 1.00 e. The van der Waals surface area contributed by atoms with Gasteiger partial charge in [-0.15, -0.1) is 22.7 Å². The molecular weight excluding hydrogens is 1580 g/mol. The number of primary amides is 2. The van der Waals surface area contributed by atoms with Crippen LogP contribution in [0.4, 0.5) is 0 Å². The van der Waals surface area contributed by atoms with E-state index >= 15 is 0 Å². The first-order valence-electron chi connectivity index (χ1n) is 33.4. The van der Waals surface area contributed by atoms with E-state index in [0.717, 1.165) is 61.2 Å². The van der Waals surface area contributed by atoms with E-state index in [0.29, 0.717) is 71.8 Å². The summed E-state index contributed by atoms with van der Waals surface area (Å²) >= 11 is 2.24. The molecule has 4 heterocycles. The normalized spacial score (nSPS) is 12.2. The summed E-state index contributed by atoms with van der Waals surface area (Å²) in [6, 6.07) is -0.553. The van der Waals surface area contributed by atoms with E-state index in [2.05, 4.69) is 43.0 Å². The molecule has 0 radical (unpaired) electrons. The van der Waals surface area contributed by atoms with Gasteiger partial charge >= 0.3 is 115 Å². The molecule has 116 heavy (non-hydrogen) atoms. The summed E-state index contributed by atoms with van der Waals surface area (Å²) in [5.41, 5.74) is 10.1. The summed E-state index contributed by atoms with van der Waals surface area (Å²) in [7, 11) is 0. The van der Waals surface area contributed by atoms with Crippen LogP contribution in [0.15, 0.2) is 21.6 Å². The summed E-state index contributed by atoms with van der Waals surface area (Å²) in [6.07, 6.45) is 16.9. The standard InChI is InChI=1S/C38H58N4O9S.C28H35N5O7S.CH2O3.17CH4.2K.H/c1-3-4-5-6-7-8-9-10-11-12-13-14-34(48)40-29(24-33(39)47)31(45)21-26(2)15-16-28(44)23-35(49)42-38(19-20-38)32(46)22-27(43)17-18-36-41-30(25-52-36)37(50)51;1-3-4-5-22(36)30-17(12-21(29)35)20(34)10-15(2)6-7-19-25-16(28(8-9-28)32-26(25)38)11-24(37)33(19)13-23-31-18(14-41-23)27(39)40;2-1-4-3;;;;;;;;;;;;;;;;;;;;/h25-26,29H,3-24H2,1-2H3,(H2,39,47)(H,40,48)(H,42,49)(H,50,51);11,14-15,17H,3-10,12-13H2,1-2H3,(H2,29,35)(H,30,36)(H,32,38)(H,39,40);1,3H;17*1H4;;;/q;;;;;;;;;;;;;;;;;;;;2*+1;-1/p-1/t26-,29+;15-,17+;;;;;;;;;;;;;;;;;;;;;/m00...................../s1. The Morgan fingerprint density at radius 1 is 0.569 bits per heavy atom. The van der Waals surface area contributed by atoms with E-state index < -0.39 is 65.0 Å². The third kappa shape index (κ3) is 53.6. The fraction of sp³-hybridized carbons (Fsp3) is 0.702. The fourth-order valence-corrected chi connectivity index (χ4v) is 12.8. The number of hydrogen-bond donors (Lipinski definition) is 8. The number of hydrogen-bond acceptors (Lipinski definition) is 21. The van der Waals surface area contributed by atoms with Crippen LogP contribution in [0, 0.1) is 11.8 Å². The Labute approximate surface area is 795 Å². The number of amides is 6. The number of carbonyl (C=O) groups excluding carboxylic acids is 12. The van der Waals surface area contributed by atoms with E-state index in [4.69, 9.17) is 26.6 Å². The molecule has 3 aromatic heterocycles. The van der Waals surface area contributed by atoms with Crippen molar-refractivity contribution in [3.05, 3.63) is 65.4 Å². The number of ketones is 5. The molecule has 2 saturated carbocycles. The Bertz CT molecular complexity index is 3360. The van der Waals surface area contributed by atoms with Gasteiger partial charge in [0.1, 0.15) is 16.6 Å². The molecule has 1 aliphatic heterocycles. The third-order valence-corrected chi connectivity index (χ3v) is 18.8. The molecule has 0 unspecified atom stereocenters. The second-order valence-corrected chi connectivity index (χ2v) is 27.4. The molecule has 0 aromatic carbocycles. The first-order valence-corrected chi connectivity index (χ1v) is 35.1. The van der Waals surface area contributed by atoms with E-state index in [-0.39, 0.29) is 377 Å². The van der Waals surface area contributed by atoms with E-state index in [1.165, 1.54) is 66.3 Å². The average Bonchev–Trinajstić information content (AvgIpc) is 1.55. The SMILES string of the molecule is C.C.C.C.C.C.C.C.C.C.C.C.C.C.C.C.C.CCCCC(=O)N[C@H](CC(N)=O)C(=O)C[C@@H](C)CCc1c2c(cc(=O)n1Cc1nc(C(=O)O)cs1)C1(CC1)NC2=O.CCCCCCCCCCCCCC(=O)N[C@H](CC(N)=O)C(=O)C[C@@H](C)CCC(=O)CC(=O)NC1(C(=O)CC(=O)CCc2nc(C(=O)O)cs2)CC1.O=CO[O-].[H-].[K+].[K+]. The van der Waals surface area contributed by atoms with Gasteiger partial charge in [-0.05, 0) is 75.2 Å². The number of aromatic nitrogens is 3. The maximum atomic E-state index is 13.3. The zero-order chi connectivity index (χ0) is 71.8. The molecule has 10 N–H and O–H groups in total. The number of nitrogens with one attached hydrogen (secondary N) is 4. The molecule has 6 amide bonds. The van der Waals surface area contributed by atoms with Crippen LogP contribution in [0.5, 0.6) is 0 Å². The molecule has 4 atom stereocenters. The maximum Gasteiger partial charge on any atom is 1.00 e. The van der Waals surface area contributed by atoms with Crippen LogP contribution in [-0.2, 0) is 82.6 Å². The number of carboxylic acid groups (broad SMARTS) is 2. The zero-order valence-electron chi connectivity index (χ0n) is 58.9. The minimum atomic E-state index is -1.17. The molecule has 2 aliphatic carbocycles. The fourth-order valence-electron chi connectivity index (χ4n) is 11.3. The number of nitrogens with two attached hydrogens (primary N) is 2. The Balaban J connectivity index is -0.0000000947. The second-order valence-electron chi connectivity index (χ2n) is 25.5. The second kappa shape index (κ2) is 77.4.